The Kier molecular flexibility index (Phi) is 11.8. The standard InChI is InChI=1S/C31H38BrN3O5S/c1-5-19-33-31(37)28(6-2)34(20-18-24-10-8-7-9-11-24)30(36)22-35(25-14-12-23(3)13-15-25)41(38,39)26-16-17-29(40-4)27(32)21-26/h7-17,21,28H,5-6,18-20,22H2,1-4H3,(H,33,37)/t28-/m0/s1. The molecule has 0 aliphatic carbocycles. The third-order valence-electron chi connectivity index (χ3n) is 6.73. The maximum absolute atomic E-state index is 14.0. The molecule has 0 radical (unpaired) electrons. The lowest BCUT2D eigenvalue weighted by Gasteiger charge is -2.33. The van der Waals surface area contributed by atoms with Crippen LogP contribution in [-0.2, 0) is 26.0 Å². The molecule has 0 bridgehead atoms. The molecule has 0 aliphatic heterocycles. The van der Waals surface area contributed by atoms with Crippen LogP contribution in [0.5, 0.6) is 5.75 Å². The molecule has 0 unspecified atom stereocenters. The van der Waals surface area contributed by atoms with Crippen molar-refractivity contribution < 1.29 is 22.7 Å². The SMILES string of the molecule is CCCNC(=O)[C@H](CC)N(CCc1ccccc1)C(=O)CN(c1ccc(C)cc1)S(=O)(=O)c1ccc(OC)c(Br)c1. The van der Waals surface area contributed by atoms with Crippen molar-refractivity contribution in [2.75, 3.05) is 31.0 Å². The second-order valence-electron chi connectivity index (χ2n) is 9.68. The molecule has 41 heavy (non-hydrogen) atoms. The van der Waals surface area contributed by atoms with Gasteiger partial charge in [-0.3, -0.25) is 13.9 Å². The fourth-order valence-corrected chi connectivity index (χ4v) is 6.57. The highest BCUT2D eigenvalue weighted by molar-refractivity contribution is 9.10. The lowest BCUT2D eigenvalue weighted by Crippen LogP contribution is -2.53. The van der Waals surface area contributed by atoms with Crippen molar-refractivity contribution in [1.82, 2.24) is 10.2 Å². The molecular formula is C31H38BrN3O5S. The van der Waals surface area contributed by atoms with Gasteiger partial charge in [0.25, 0.3) is 10.0 Å². The van der Waals surface area contributed by atoms with E-state index in [9.17, 15) is 18.0 Å². The lowest BCUT2D eigenvalue weighted by atomic mass is 10.1. The summed E-state index contributed by atoms with van der Waals surface area (Å²) in [5, 5.41) is 2.90. The first-order valence-electron chi connectivity index (χ1n) is 13.7. The van der Waals surface area contributed by atoms with Crippen LogP contribution in [0.4, 0.5) is 5.69 Å². The molecule has 220 valence electrons. The summed E-state index contributed by atoms with van der Waals surface area (Å²) in [5.41, 5.74) is 2.32. The van der Waals surface area contributed by atoms with Gasteiger partial charge in [0, 0.05) is 13.1 Å². The molecule has 0 fully saturated rings. The van der Waals surface area contributed by atoms with E-state index in [0.717, 1.165) is 21.9 Å². The van der Waals surface area contributed by atoms with Gasteiger partial charge in [-0.15, -0.1) is 0 Å². The Balaban J connectivity index is 2.02. The topological polar surface area (TPSA) is 96.0 Å². The van der Waals surface area contributed by atoms with Crippen LogP contribution in [-0.4, -0.2) is 57.9 Å². The van der Waals surface area contributed by atoms with E-state index in [1.165, 1.54) is 24.1 Å². The molecule has 10 heteroatoms. The van der Waals surface area contributed by atoms with Crippen molar-refractivity contribution in [1.29, 1.82) is 0 Å². The predicted octanol–water partition coefficient (Wildman–Crippen LogP) is 5.34. The number of halogens is 1. The molecule has 1 atom stereocenters. The molecule has 3 aromatic rings. The molecule has 0 saturated heterocycles. The molecule has 3 rings (SSSR count). The van der Waals surface area contributed by atoms with E-state index in [-0.39, 0.29) is 17.3 Å². The molecule has 2 amide bonds. The van der Waals surface area contributed by atoms with Gasteiger partial charge in [0.1, 0.15) is 18.3 Å². The number of sulfonamides is 1. The Morgan fingerprint density at radius 2 is 1.68 bits per heavy atom. The van der Waals surface area contributed by atoms with Crippen LogP contribution < -0.4 is 14.4 Å². The van der Waals surface area contributed by atoms with Crippen LogP contribution in [0.3, 0.4) is 0 Å². The summed E-state index contributed by atoms with van der Waals surface area (Å²) in [6.07, 6.45) is 1.67. The molecule has 0 saturated carbocycles. The number of nitrogens with zero attached hydrogens (tertiary/aromatic N) is 2. The second-order valence-corrected chi connectivity index (χ2v) is 12.4. The fraction of sp³-hybridized carbons (Fsp3) is 0.355. The lowest BCUT2D eigenvalue weighted by molar-refractivity contribution is -0.139. The number of benzene rings is 3. The Morgan fingerprint density at radius 1 is 1.00 bits per heavy atom. The zero-order valence-electron chi connectivity index (χ0n) is 24.0. The van der Waals surface area contributed by atoms with Gasteiger partial charge in [-0.05, 0) is 78.0 Å². The number of carbonyl (C=O) groups is 2. The van der Waals surface area contributed by atoms with Crippen molar-refractivity contribution in [3.63, 3.8) is 0 Å². The number of amides is 2. The van der Waals surface area contributed by atoms with Gasteiger partial charge in [-0.2, -0.15) is 0 Å². The third-order valence-corrected chi connectivity index (χ3v) is 9.12. The average molecular weight is 645 g/mol. The first kappa shape index (κ1) is 32.1. The highest BCUT2D eigenvalue weighted by atomic mass is 79.9. The zero-order valence-corrected chi connectivity index (χ0v) is 26.4. The summed E-state index contributed by atoms with van der Waals surface area (Å²) in [6.45, 7) is 5.99. The molecule has 8 nitrogen and oxygen atoms in total. The van der Waals surface area contributed by atoms with Crippen LogP contribution in [0.1, 0.15) is 37.8 Å². The van der Waals surface area contributed by atoms with Gasteiger partial charge in [0.15, 0.2) is 0 Å². The number of carbonyl (C=O) groups excluding carboxylic acids is 2. The Bertz CT molecular complexity index is 1420. The van der Waals surface area contributed by atoms with E-state index < -0.39 is 28.5 Å². The van der Waals surface area contributed by atoms with Gasteiger partial charge in [0.2, 0.25) is 11.8 Å². The van der Waals surface area contributed by atoms with Crippen LogP contribution in [0, 0.1) is 6.92 Å². The quantitative estimate of drug-likeness (QED) is 0.256. The van der Waals surface area contributed by atoms with E-state index >= 15 is 0 Å². The van der Waals surface area contributed by atoms with Crippen LogP contribution in [0.2, 0.25) is 0 Å². The molecule has 0 aliphatic rings. The van der Waals surface area contributed by atoms with Gasteiger partial charge in [-0.25, -0.2) is 8.42 Å². The highest BCUT2D eigenvalue weighted by Crippen LogP contribution is 2.31. The van der Waals surface area contributed by atoms with E-state index in [1.807, 2.05) is 51.1 Å². The number of hydrogen-bond donors (Lipinski definition) is 1. The number of ether oxygens (including phenoxy) is 1. The van der Waals surface area contributed by atoms with E-state index in [4.69, 9.17) is 4.74 Å². The molecule has 0 aromatic heterocycles. The normalized spacial score (nSPS) is 11.9. The Morgan fingerprint density at radius 3 is 2.27 bits per heavy atom. The first-order valence-corrected chi connectivity index (χ1v) is 15.9. The fourth-order valence-electron chi connectivity index (χ4n) is 4.44. The van der Waals surface area contributed by atoms with Crippen molar-refractivity contribution >= 4 is 43.5 Å². The van der Waals surface area contributed by atoms with Crippen molar-refractivity contribution in [2.24, 2.45) is 0 Å². The van der Waals surface area contributed by atoms with E-state index in [2.05, 4.69) is 21.2 Å². The molecular weight excluding hydrogens is 606 g/mol. The van der Waals surface area contributed by atoms with Crippen molar-refractivity contribution in [3.05, 3.63) is 88.4 Å². The molecule has 1 N–H and O–H groups in total. The minimum atomic E-state index is -4.18. The number of hydrogen-bond acceptors (Lipinski definition) is 5. The van der Waals surface area contributed by atoms with Crippen molar-refractivity contribution in [2.45, 2.75) is 51.0 Å². The second kappa shape index (κ2) is 15.0. The maximum Gasteiger partial charge on any atom is 0.264 e. The predicted molar refractivity (Wildman–Crippen MR) is 166 cm³/mol. The average Bonchev–Trinajstić information content (AvgIpc) is 2.97. The van der Waals surface area contributed by atoms with E-state index in [0.29, 0.717) is 35.3 Å². The summed E-state index contributed by atoms with van der Waals surface area (Å²) < 4.78 is 34.9. The molecule has 0 heterocycles. The zero-order chi connectivity index (χ0) is 30.0. The monoisotopic (exact) mass is 643 g/mol. The first-order chi connectivity index (χ1) is 19.6. The van der Waals surface area contributed by atoms with Crippen LogP contribution >= 0.6 is 15.9 Å². The number of aryl methyl sites for hydroxylation is 1. The Labute approximate surface area is 251 Å². The number of rotatable bonds is 14. The number of methoxy groups -OCH3 is 1. The summed E-state index contributed by atoms with van der Waals surface area (Å²) in [6, 6.07) is 20.4. The van der Waals surface area contributed by atoms with Crippen molar-refractivity contribution in [3.8, 4) is 5.75 Å². The van der Waals surface area contributed by atoms with Gasteiger partial charge >= 0.3 is 0 Å². The smallest absolute Gasteiger partial charge is 0.264 e. The van der Waals surface area contributed by atoms with Gasteiger partial charge in [0.05, 0.1) is 22.2 Å². The summed E-state index contributed by atoms with van der Waals surface area (Å²) in [4.78, 5) is 28.7. The maximum atomic E-state index is 14.0. The minimum Gasteiger partial charge on any atom is -0.496 e. The summed E-state index contributed by atoms with van der Waals surface area (Å²) >= 11 is 3.37. The van der Waals surface area contributed by atoms with Gasteiger partial charge < -0.3 is 15.0 Å². The summed E-state index contributed by atoms with van der Waals surface area (Å²) in [7, 11) is -2.68. The van der Waals surface area contributed by atoms with Gasteiger partial charge in [-0.1, -0.05) is 61.9 Å². The largest absolute Gasteiger partial charge is 0.496 e. The van der Waals surface area contributed by atoms with Crippen LogP contribution in [0.25, 0.3) is 0 Å². The Hall–Kier alpha value is -3.37. The number of anilines is 1. The van der Waals surface area contributed by atoms with Crippen LogP contribution in [0.15, 0.2) is 82.2 Å². The number of nitrogens with one attached hydrogen (secondary N) is 1. The molecule has 0 spiro atoms. The third kappa shape index (κ3) is 8.33. The molecule has 3 aromatic carbocycles. The van der Waals surface area contributed by atoms with E-state index in [1.54, 1.807) is 30.3 Å². The minimum absolute atomic E-state index is 0.00196. The highest BCUT2D eigenvalue weighted by Gasteiger charge is 2.33. The summed E-state index contributed by atoms with van der Waals surface area (Å²) in [5.74, 6) is -0.228.